The molecule has 2 N–H and O–H groups in total. The fraction of sp³-hybridized carbons (Fsp3) is 0.429. The quantitative estimate of drug-likeness (QED) is 0.846. The molecular formula is C14H17NO4. The van der Waals surface area contributed by atoms with Gasteiger partial charge in [-0.15, -0.1) is 0 Å². The summed E-state index contributed by atoms with van der Waals surface area (Å²) in [6.07, 6.45) is 0.430. The lowest BCUT2D eigenvalue weighted by molar-refractivity contribution is -0.140. The second-order valence-electron chi connectivity index (χ2n) is 4.76. The molecule has 1 aliphatic rings. The molecule has 3 atom stereocenters. The molecule has 1 aliphatic carbocycles. The molecule has 1 aromatic rings. The number of carboxylic acid groups (broad SMARTS) is 1. The van der Waals surface area contributed by atoms with Gasteiger partial charge < -0.3 is 15.2 Å². The smallest absolute Gasteiger partial charge is 0.307 e. The summed E-state index contributed by atoms with van der Waals surface area (Å²) in [5.41, 5.74) is 0.880. The highest BCUT2D eigenvalue weighted by molar-refractivity contribution is 5.89. The van der Waals surface area contributed by atoms with Crippen molar-refractivity contribution in [3.63, 3.8) is 0 Å². The van der Waals surface area contributed by atoms with Crippen LogP contribution in [0.2, 0.25) is 0 Å². The fourth-order valence-corrected chi connectivity index (χ4v) is 2.18. The lowest BCUT2D eigenvalue weighted by Crippen LogP contribution is -2.29. The van der Waals surface area contributed by atoms with Gasteiger partial charge in [-0.05, 0) is 19.4 Å². The van der Waals surface area contributed by atoms with Crippen LogP contribution in [0, 0.1) is 11.8 Å². The molecule has 1 saturated carbocycles. The molecule has 5 heteroatoms. The topological polar surface area (TPSA) is 75.6 Å². The van der Waals surface area contributed by atoms with Crippen molar-refractivity contribution in [2.24, 2.45) is 11.8 Å². The van der Waals surface area contributed by atoms with E-state index in [1.807, 2.05) is 31.2 Å². The minimum absolute atomic E-state index is 0.203. The molecule has 2 rings (SSSR count). The number of carboxylic acids is 1. The van der Waals surface area contributed by atoms with Crippen LogP contribution >= 0.6 is 0 Å². The first kappa shape index (κ1) is 13.4. The van der Waals surface area contributed by atoms with E-state index in [-0.39, 0.29) is 11.9 Å². The van der Waals surface area contributed by atoms with E-state index in [9.17, 15) is 9.59 Å². The molecule has 0 unspecified atom stereocenters. The summed E-state index contributed by atoms with van der Waals surface area (Å²) in [7, 11) is 1.58. The van der Waals surface area contributed by atoms with Crippen LogP contribution < -0.4 is 10.1 Å². The minimum atomic E-state index is -0.898. The largest absolute Gasteiger partial charge is 0.496 e. The van der Waals surface area contributed by atoms with Crippen LogP contribution in [0.3, 0.4) is 0 Å². The maximum absolute atomic E-state index is 11.9. The van der Waals surface area contributed by atoms with Gasteiger partial charge in [0.15, 0.2) is 0 Å². The van der Waals surface area contributed by atoms with Gasteiger partial charge in [0.25, 0.3) is 0 Å². The molecule has 0 aliphatic heterocycles. The van der Waals surface area contributed by atoms with Crippen molar-refractivity contribution in [2.45, 2.75) is 19.4 Å². The predicted molar refractivity (Wildman–Crippen MR) is 68.8 cm³/mol. The van der Waals surface area contributed by atoms with Crippen LogP contribution in [-0.2, 0) is 9.59 Å². The van der Waals surface area contributed by atoms with Gasteiger partial charge in [-0.3, -0.25) is 9.59 Å². The highest BCUT2D eigenvalue weighted by atomic mass is 16.5. The van der Waals surface area contributed by atoms with Crippen molar-refractivity contribution in [3.05, 3.63) is 29.8 Å². The molecule has 102 valence electrons. The third kappa shape index (κ3) is 2.86. The Kier molecular flexibility index (Phi) is 3.74. The van der Waals surface area contributed by atoms with Crippen LogP contribution in [0.1, 0.15) is 24.9 Å². The number of hydrogen-bond acceptors (Lipinski definition) is 3. The highest BCUT2D eigenvalue weighted by Crippen LogP contribution is 2.39. The number of nitrogens with one attached hydrogen (secondary N) is 1. The van der Waals surface area contributed by atoms with Gasteiger partial charge in [0.05, 0.1) is 25.0 Å². The zero-order valence-electron chi connectivity index (χ0n) is 10.9. The number of benzene rings is 1. The minimum Gasteiger partial charge on any atom is -0.496 e. The number of amides is 1. The third-order valence-electron chi connectivity index (χ3n) is 3.41. The summed E-state index contributed by atoms with van der Waals surface area (Å²) in [4.78, 5) is 22.6. The Morgan fingerprint density at radius 1 is 1.37 bits per heavy atom. The van der Waals surface area contributed by atoms with Crippen molar-refractivity contribution < 1.29 is 19.4 Å². The van der Waals surface area contributed by atoms with Crippen LogP contribution in [0.25, 0.3) is 0 Å². The Morgan fingerprint density at radius 3 is 2.63 bits per heavy atom. The van der Waals surface area contributed by atoms with Gasteiger partial charge in [-0.25, -0.2) is 0 Å². The van der Waals surface area contributed by atoms with Gasteiger partial charge in [0.1, 0.15) is 5.75 Å². The maximum atomic E-state index is 11.9. The predicted octanol–water partition coefficient (Wildman–Crippen LogP) is 1.59. The number of hydrogen-bond donors (Lipinski definition) is 2. The lowest BCUT2D eigenvalue weighted by atomic mass is 10.1. The molecule has 0 bridgehead atoms. The van der Waals surface area contributed by atoms with E-state index >= 15 is 0 Å². The summed E-state index contributed by atoms with van der Waals surface area (Å²) < 4.78 is 5.24. The monoisotopic (exact) mass is 263 g/mol. The average molecular weight is 263 g/mol. The third-order valence-corrected chi connectivity index (χ3v) is 3.41. The van der Waals surface area contributed by atoms with Crippen molar-refractivity contribution in [1.29, 1.82) is 0 Å². The van der Waals surface area contributed by atoms with Crippen LogP contribution in [-0.4, -0.2) is 24.1 Å². The summed E-state index contributed by atoms with van der Waals surface area (Å²) in [5, 5.41) is 11.6. The Hall–Kier alpha value is -2.04. The van der Waals surface area contributed by atoms with E-state index < -0.39 is 17.8 Å². The fourth-order valence-electron chi connectivity index (χ4n) is 2.18. The molecule has 0 saturated heterocycles. The normalized spacial score (nSPS) is 22.4. The van der Waals surface area contributed by atoms with E-state index in [2.05, 4.69) is 5.32 Å². The molecule has 0 aromatic heterocycles. The molecule has 1 amide bonds. The zero-order valence-corrected chi connectivity index (χ0v) is 10.9. The van der Waals surface area contributed by atoms with Crippen molar-refractivity contribution in [2.75, 3.05) is 7.11 Å². The van der Waals surface area contributed by atoms with Gasteiger partial charge in [0.2, 0.25) is 5.91 Å². The van der Waals surface area contributed by atoms with E-state index in [1.165, 1.54) is 0 Å². The molecule has 19 heavy (non-hydrogen) atoms. The number of ether oxygens (including phenoxy) is 1. The van der Waals surface area contributed by atoms with Crippen molar-refractivity contribution in [3.8, 4) is 5.75 Å². The van der Waals surface area contributed by atoms with E-state index in [0.29, 0.717) is 12.2 Å². The van der Waals surface area contributed by atoms with Gasteiger partial charge in [0, 0.05) is 5.56 Å². The van der Waals surface area contributed by atoms with E-state index in [1.54, 1.807) is 7.11 Å². The second kappa shape index (κ2) is 5.30. The van der Waals surface area contributed by atoms with Crippen LogP contribution in [0.4, 0.5) is 0 Å². The summed E-state index contributed by atoms with van der Waals surface area (Å²) in [6, 6.07) is 7.23. The average Bonchev–Trinajstić information content (AvgIpc) is 3.19. The number of carbonyl (C=O) groups is 2. The highest BCUT2D eigenvalue weighted by Gasteiger charge is 2.48. The lowest BCUT2D eigenvalue weighted by Gasteiger charge is -2.17. The SMILES string of the molecule is COc1ccccc1[C@H](C)NC(=O)[C@@H]1C[C@@H]1C(=O)O. The molecule has 1 aromatic carbocycles. The number of rotatable bonds is 5. The number of carbonyl (C=O) groups excluding carboxylic acids is 1. The van der Waals surface area contributed by atoms with Crippen molar-refractivity contribution in [1.82, 2.24) is 5.32 Å². The molecule has 0 spiro atoms. The second-order valence-corrected chi connectivity index (χ2v) is 4.76. The first-order valence-electron chi connectivity index (χ1n) is 6.20. The molecular weight excluding hydrogens is 246 g/mol. The molecule has 5 nitrogen and oxygen atoms in total. The van der Waals surface area contributed by atoms with E-state index in [0.717, 1.165) is 5.56 Å². The standard InChI is InChI=1S/C14H17NO4/c1-8(9-5-3-4-6-12(9)19-2)15-13(16)10-7-11(10)14(17)18/h3-6,8,10-11H,7H2,1-2H3,(H,15,16)(H,17,18)/t8-,10+,11-/m0/s1. The summed E-state index contributed by atoms with van der Waals surface area (Å²) in [6.45, 7) is 1.86. The molecule has 0 radical (unpaired) electrons. The first-order chi connectivity index (χ1) is 9.04. The first-order valence-corrected chi connectivity index (χ1v) is 6.20. The Balaban J connectivity index is 2.00. The van der Waals surface area contributed by atoms with Gasteiger partial charge in [-0.2, -0.15) is 0 Å². The van der Waals surface area contributed by atoms with Gasteiger partial charge >= 0.3 is 5.97 Å². The Labute approximate surface area is 111 Å². The number of aliphatic carboxylic acids is 1. The Morgan fingerprint density at radius 2 is 2.05 bits per heavy atom. The number of para-hydroxylation sites is 1. The number of methoxy groups -OCH3 is 1. The Bertz CT molecular complexity index is 500. The van der Waals surface area contributed by atoms with E-state index in [4.69, 9.17) is 9.84 Å². The van der Waals surface area contributed by atoms with Crippen LogP contribution in [0.15, 0.2) is 24.3 Å². The molecule has 1 fully saturated rings. The summed E-state index contributed by atoms with van der Waals surface area (Å²) >= 11 is 0. The van der Waals surface area contributed by atoms with Crippen molar-refractivity contribution >= 4 is 11.9 Å². The van der Waals surface area contributed by atoms with Crippen LogP contribution in [0.5, 0.6) is 5.75 Å². The molecule has 0 heterocycles. The zero-order chi connectivity index (χ0) is 14.0. The summed E-state index contributed by atoms with van der Waals surface area (Å²) in [5.74, 6) is -1.31. The van der Waals surface area contributed by atoms with Gasteiger partial charge in [-0.1, -0.05) is 18.2 Å². The maximum Gasteiger partial charge on any atom is 0.307 e.